The number of carbonyl (C=O) groups is 3. The highest BCUT2D eigenvalue weighted by Gasteiger charge is 2.59. The van der Waals surface area contributed by atoms with Gasteiger partial charge < -0.3 is 5.32 Å². The van der Waals surface area contributed by atoms with Crippen LogP contribution < -0.4 is 5.32 Å². The zero-order chi connectivity index (χ0) is 14.4. The molecule has 3 rings (SSSR count). The number of amides is 3. The Hall–Kier alpha value is -1.65. The Bertz CT molecular complexity index is 467. The first-order valence-corrected chi connectivity index (χ1v) is 7.29. The van der Waals surface area contributed by atoms with Crippen molar-refractivity contribution in [2.24, 2.45) is 29.6 Å². The van der Waals surface area contributed by atoms with Crippen molar-refractivity contribution in [3.05, 3.63) is 12.2 Å². The van der Waals surface area contributed by atoms with Crippen LogP contribution in [0.1, 0.15) is 20.3 Å². The number of fused-ring (bicyclic) bond motifs is 5. The van der Waals surface area contributed by atoms with Gasteiger partial charge in [0, 0.05) is 6.54 Å². The van der Waals surface area contributed by atoms with Crippen LogP contribution in [0.2, 0.25) is 0 Å². The maximum absolute atomic E-state index is 12.4. The third-order valence-corrected chi connectivity index (χ3v) is 4.57. The molecular weight excluding hydrogens is 256 g/mol. The summed E-state index contributed by atoms with van der Waals surface area (Å²) in [5, 5.41) is 2.75. The Balaban J connectivity index is 1.66. The molecule has 5 heteroatoms. The molecule has 1 saturated carbocycles. The van der Waals surface area contributed by atoms with Gasteiger partial charge in [-0.05, 0) is 24.2 Å². The Morgan fingerprint density at radius 2 is 1.80 bits per heavy atom. The van der Waals surface area contributed by atoms with Gasteiger partial charge in [-0.2, -0.15) is 0 Å². The van der Waals surface area contributed by atoms with E-state index in [2.05, 4.69) is 17.5 Å². The highest BCUT2D eigenvalue weighted by molar-refractivity contribution is 6.08. The van der Waals surface area contributed by atoms with Gasteiger partial charge >= 0.3 is 0 Å². The molecule has 5 nitrogen and oxygen atoms in total. The smallest absolute Gasteiger partial charge is 0.240 e. The van der Waals surface area contributed by atoms with E-state index in [1.54, 1.807) is 0 Å². The largest absolute Gasteiger partial charge is 0.354 e. The van der Waals surface area contributed by atoms with Crippen molar-refractivity contribution < 1.29 is 14.4 Å². The molecule has 0 radical (unpaired) electrons. The van der Waals surface area contributed by atoms with Gasteiger partial charge in [0.1, 0.15) is 6.54 Å². The molecule has 2 bridgehead atoms. The van der Waals surface area contributed by atoms with E-state index >= 15 is 0 Å². The second-order valence-corrected chi connectivity index (χ2v) is 6.46. The summed E-state index contributed by atoms with van der Waals surface area (Å²) in [5.41, 5.74) is 0. The summed E-state index contributed by atoms with van der Waals surface area (Å²) in [6, 6.07) is 0. The average Bonchev–Trinajstić information content (AvgIpc) is 3.06. The third kappa shape index (κ3) is 1.96. The summed E-state index contributed by atoms with van der Waals surface area (Å²) in [5.74, 6) is -0.238. The number of carbonyl (C=O) groups excluding carboxylic acids is 3. The van der Waals surface area contributed by atoms with Crippen LogP contribution in [0.4, 0.5) is 0 Å². The molecule has 1 N–H and O–H groups in total. The fourth-order valence-corrected chi connectivity index (χ4v) is 3.64. The quantitative estimate of drug-likeness (QED) is 0.603. The lowest BCUT2D eigenvalue weighted by Crippen LogP contribution is -2.42. The maximum Gasteiger partial charge on any atom is 0.240 e. The van der Waals surface area contributed by atoms with Crippen LogP contribution in [0.15, 0.2) is 12.2 Å². The number of hydrogen-bond acceptors (Lipinski definition) is 3. The van der Waals surface area contributed by atoms with E-state index in [1.807, 2.05) is 13.8 Å². The zero-order valence-electron chi connectivity index (χ0n) is 11.8. The van der Waals surface area contributed by atoms with Gasteiger partial charge in [-0.25, -0.2) is 0 Å². The van der Waals surface area contributed by atoms with Crippen molar-refractivity contribution in [1.82, 2.24) is 10.2 Å². The Kier molecular flexibility index (Phi) is 3.15. The minimum Gasteiger partial charge on any atom is -0.354 e. The molecule has 2 aliphatic carbocycles. The van der Waals surface area contributed by atoms with Crippen molar-refractivity contribution in [3.8, 4) is 0 Å². The van der Waals surface area contributed by atoms with Gasteiger partial charge in [0.15, 0.2) is 0 Å². The van der Waals surface area contributed by atoms with Gasteiger partial charge in [0.2, 0.25) is 17.7 Å². The highest BCUT2D eigenvalue weighted by atomic mass is 16.2. The second kappa shape index (κ2) is 4.72. The Labute approximate surface area is 118 Å². The molecule has 0 spiro atoms. The average molecular weight is 276 g/mol. The zero-order valence-corrected chi connectivity index (χ0v) is 11.8. The molecule has 1 heterocycles. The summed E-state index contributed by atoms with van der Waals surface area (Å²) in [4.78, 5) is 37.7. The van der Waals surface area contributed by atoms with Crippen molar-refractivity contribution in [2.45, 2.75) is 20.3 Å². The van der Waals surface area contributed by atoms with E-state index < -0.39 is 0 Å². The minimum atomic E-state index is -0.249. The molecule has 3 amide bonds. The van der Waals surface area contributed by atoms with E-state index in [4.69, 9.17) is 0 Å². The van der Waals surface area contributed by atoms with Gasteiger partial charge in [-0.1, -0.05) is 26.0 Å². The predicted molar refractivity (Wildman–Crippen MR) is 72.3 cm³/mol. The van der Waals surface area contributed by atoms with Crippen molar-refractivity contribution in [1.29, 1.82) is 0 Å². The van der Waals surface area contributed by atoms with Gasteiger partial charge in [-0.3, -0.25) is 19.3 Å². The Morgan fingerprint density at radius 1 is 1.25 bits per heavy atom. The molecule has 3 aliphatic rings. The molecule has 4 atom stereocenters. The van der Waals surface area contributed by atoms with Crippen LogP contribution in [0.5, 0.6) is 0 Å². The maximum atomic E-state index is 12.4. The van der Waals surface area contributed by atoms with Crippen LogP contribution in [-0.2, 0) is 14.4 Å². The van der Waals surface area contributed by atoms with Crippen LogP contribution in [0, 0.1) is 29.6 Å². The second-order valence-electron chi connectivity index (χ2n) is 6.46. The summed E-state index contributed by atoms with van der Waals surface area (Å²) in [7, 11) is 0. The SMILES string of the molecule is CC(C)CNC(=O)CN1C(=O)[C@@H]2[C@H](C1=O)[C@H]1C=C[C@H]2C1. The van der Waals surface area contributed by atoms with Crippen LogP contribution in [0.25, 0.3) is 0 Å². The van der Waals surface area contributed by atoms with Gasteiger partial charge in [0.05, 0.1) is 11.8 Å². The number of rotatable bonds is 4. The van der Waals surface area contributed by atoms with E-state index in [1.165, 1.54) is 0 Å². The molecule has 0 aromatic rings. The molecule has 20 heavy (non-hydrogen) atoms. The first-order chi connectivity index (χ1) is 9.49. The van der Waals surface area contributed by atoms with E-state index in [-0.39, 0.29) is 47.9 Å². The lowest BCUT2D eigenvalue weighted by Gasteiger charge is -2.17. The number of likely N-dealkylation sites (tertiary alicyclic amines) is 1. The normalized spacial score (nSPS) is 34.2. The molecule has 108 valence electrons. The van der Waals surface area contributed by atoms with Crippen LogP contribution >= 0.6 is 0 Å². The predicted octanol–water partition coefficient (Wildman–Crippen LogP) is 0.566. The van der Waals surface area contributed by atoms with Crippen molar-refractivity contribution in [3.63, 3.8) is 0 Å². The standard InChI is InChI=1S/C15H20N2O3/c1-8(2)6-16-11(18)7-17-14(19)12-9-3-4-10(5-9)13(12)15(17)20/h3-4,8-10,12-13H,5-7H2,1-2H3,(H,16,18)/t9-,10-,12-,13+/m0/s1. The van der Waals surface area contributed by atoms with Crippen molar-refractivity contribution >= 4 is 17.7 Å². The minimum absolute atomic E-state index is 0.128. The summed E-state index contributed by atoms with van der Waals surface area (Å²) < 4.78 is 0. The monoisotopic (exact) mass is 276 g/mol. The van der Waals surface area contributed by atoms with Gasteiger partial charge in [-0.15, -0.1) is 0 Å². The lowest BCUT2D eigenvalue weighted by atomic mass is 9.85. The van der Waals surface area contributed by atoms with E-state index in [0.29, 0.717) is 12.5 Å². The first kappa shape index (κ1) is 13.3. The molecule has 1 aliphatic heterocycles. The van der Waals surface area contributed by atoms with Crippen molar-refractivity contribution in [2.75, 3.05) is 13.1 Å². The molecule has 0 aromatic heterocycles. The molecular formula is C15H20N2O3. The van der Waals surface area contributed by atoms with E-state index in [0.717, 1.165) is 11.3 Å². The molecule has 1 saturated heterocycles. The van der Waals surface area contributed by atoms with Gasteiger partial charge in [0.25, 0.3) is 0 Å². The number of nitrogens with one attached hydrogen (secondary N) is 1. The van der Waals surface area contributed by atoms with Crippen LogP contribution in [-0.4, -0.2) is 35.7 Å². The molecule has 0 aromatic carbocycles. The third-order valence-electron chi connectivity index (χ3n) is 4.57. The fraction of sp³-hybridized carbons (Fsp3) is 0.667. The van der Waals surface area contributed by atoms with Crippen LogP contribution in [0.3, 0.4) is 0 Å². The topological polar surface area (TPSA) is 66.5 Å². The number of allylic oxidation sites excluding steroid dienone is 2. The summed E-state index contributed by atoms with van der Waals surface area (Å²) >= 11 is 0. The Morgan fingerprint density at radius 3 is 2.30 bits per heavy atom. The number of nitrogens with zero attached hydrogens (tertiary/aromatic N) is 1. The molecule has 2 fully saturated rings. The number of hydrogen-bond donors (Lipinski definition) is 1. The number of imide groups is 1. The summed E-state index contributed by atoms with van der Waals surface area (Å²) in [6.07, 6.45) is 5.03. The first-order valence-electron chi connectivity index (χ1n) is 7.29. The molecule has 0 unspecified atom stereocenters. The van der Waals surface area contributed by atoms with E-state index in [9.17, 15) is 14.4 Å². The summed E-state index contributed by atoms with van der Waals surface area (Å²) in [6.45, 7) is 4.44. The lowest BCUT2D eigenvalue weighted by molar-refractivity contribution is -0.144. The highest BCUT2D eigenvalue weighted by Crippen LogP contribution is 2.52. The fourth-order valence-electron chi connectivity index (χ4n) is 3.64.